The van der Waals surface area contributed by atoms with Crippen LogP contribution in [0.4, 0.5) is 11.6 Å². The van der Waals surface area contributed by atoms with E-state index in [9.17, 15) is 0 Å². The lowest BCUT2D eigenvalue weighted by Gasteiger charge is -2.17. The molecule has 0 amide bonds. The number of nitrogens with zero attached hydrogens (tertiary/aromatic N) is 2. The first-order valence-corrected chi connectivity index (χ1v) is 8.17. The molecule has 2 aromatic carbocycles. The Kier molecular flexibility index (Phi) is 5.06. The van der Waals surface area contributed by atoms with Gasteiger partial charge in [-0.3, -0.25) is 0 Å². The van der Waals surface area contributed by atoms with Crippen molar-refractivity contribution in [3.8, 4) is 0 Å². The smallest absolute Gasteiger partial charge is 0.131 e. The van der Waals surface area contributed by atoms with E-state index < -0.39 is 0 Å². The van der Waals surface area contributed by atoms with Gasteiger partial charge in [0.05, 0.1) is 0 Å². The molecule has 24 heavy (non-hydrogen) atoms. The van der Waals surface area contributed by atoms with Crippen LogP contribution in [0.5, 0.6) is 0 Å². The summed E-state index contributed by atoms with van der Waals surface area (Å²) in [7, 11) is 0. The zero-order chi connectivity index (χ0) is 16.8. The third-order valence-electron chi connectivity index (χ3n) is 4.00. The number of anilines is 2. The van der Waals surface area contributed by atoms with Gasteiger partial charge in [0, 0.05) is 18.2 Å². The molecule has 3 rings (SSSR count). The second kappa shape index (κ2) is 7.59. The van der Waals surface area contributed by atoms with Gasteiger partial charge < -0.3 is 10.6 Å². The Balaban J connectivity index is 1.68. The van der Waals surface area contributed by atoms with E-state index in [1.54, 1.807) is 6.33 Å². The molecule has 0 saturated heterocycles. The lowest BCUT2D eigenvalue weighted by atomic mass is 10.1. The molecule has 1 aromatic heterocycles. The van der Waals surface area contributed by atoms with Gasteiger partial charge in [0.15, 0.2) is 0 Å². The van der Waals surface area contributed by atoms with E-state index in [0.29, 0.717) is 0 Å². The normalized spacial score (nSPS) is 13.1. The molecule has 0 aliphatic carbocycles. The number of hydrogen-bond donors (Lipinski definition) is 2. The van der Waals surface area contributed by atoms with Crippen molar-refractivity contribution in [2.75, 3.05) is 10.6 Å². The Morgan fingerprint density at radius 2 is 1.08 bits per heavy atom. The van der Waals surface area contributed by atoms with Gasteiger partial charge in [0.2, 0.25) is 0 Å². The van der Waals surface area contributed by atoms with Crippen LogP contribution < -0.4 is 10.6 Å². The molecule has 2 atom stereocenters. The number of hydrogen-bond acceptors (Lipinski definition) is 4. The average Bonchev–Trinajstić information content (AvgIpc) is 2.63. The molecule has 0 bridgehead atoms. The van der Waals surface area contributed by atoms with E-state index >= 15 is 0 Å². The van der Waals surface area contributed by atoms with Crippen molar-refractivity contribution < 1.29 is 0 Å². The van der Waals surface area contributed by atoms with E-state index in [0.717, 1.165) is 11.6 Å². The largest absolute Gasteiger partial charge is 0.363 e. The third kappa shape index (κ3) is 4.10. The first-order valence-electron chi connectivity index (χ1n) is 8.17. The van der Waals surface area contributed by atoms with Gasteiger partial charge in [-0.2, -0.15) is 0 Å². The van der Waals surface area contributed by atoms with Gasteiger partial charge >= 0.3 is 0 Å². The van der Waals surface area contributed by atoms with Crippen LogP contribution in [-0.2, 0) is 0 Å². The van der Waals surface area contributed by atoms with Crippen LogP contribution in [-0.4, -0.2) is 9.97 Å². The summed E-state index contributed by atoms with van der Waals surface area (Å²) < 4.78 is 0. The van der Waals surface area contributed by atoms with Gasteiger partial charge in [0.1, 0.15) is 18.0 Å². The van der Waals surface area contributed by atoms with Gasteiger partial charge in [-0.05, 0) is 25.0 Å². The minimum absolute atomic E-state index is 0.181. The fourth-order valence-corrected chi connectivity index (χ4v) is 2.61. The van der Waals surface area contributed by atoms with Crippen LogP contribution in [0.25, 0.3) is 0 Å². The number of aromatic nitrogens is 2. The Morgan fingerprint density at radius 3 is 1.50 bits per heavy atom. The predicted molar refractivity (Wildman–Crippen MR) is 99.0 cm³/mol. The molecule has 2 N–H and O–H groups in total. The zero-order valence-electron chi connectivity index (χ0n) is 14.0. The Morgan fingerprint density at radius 1 is 0.667 bits per heavy atom. The van der Waals surface area contributed by atoms with Crippen LogP contribution >= 0.6 is 0 Å². The Hall–Kier alpha value is -2.88. The average molecular weight is 318 g/mol. The molecule has 0 fully saturated rings. The maximum atomic E-state index is 4.32. The highest BCUT2D eigenvalue weighted by Gasteiger charge is 2.08. The molecule has 3 aromatic rings. The Labute approximate surface area is 143 Å². The van der Waals surface area contributed by atoms with Crippen molar-refractivity contribution in [1.82, 2.24) is 9.97 Å². The third-order valence-corrected chi connectivity index (χ3v) is 4.00. The lowest BCUT2D eigenvalue weighted by molar-refractivity contribution is 0.859. The summed E-state index contributed by atoms with van der Waals surface area (Å²) in [6.07, 6.45) is 1.58. The van der Waals surface area contributed by atoms with Crippen molar-refractivity contribution in [3.63, 3.8) is 0 Å². The van der Waals surface area contributed by atoms with E-state index in [4.69, 9.17) is 0 Å². The van der Waals surface area contributed by atoms with Crippen LogP contribution in [0.3, 0.4) is 0 Å². The second-order valence-electron chi connectivity index (χ2n) is 5.84. The van der Waals surface area contributed by atoms with Crippen molar-refractivity contribution in [2.24, 2.45) is 0 Å². The molecule has 1 heterocycles. The lowest BCUT2D eigenvalue weighted by Crippen LogP contribution is -2.11. The topological polar surface area (TPSA) is 49.8 Å². The highest BCUT2D eigenvalue weighted by atomic mass is 15.1. The molecule has 0 aliphatic heterocycles. The molecule has 0 spiro atoms. The molecule has 4 heteroatoms. The van der Waals surface area contributed by atoms with Gasteiger partial charge in [0.25, 0.3) is 0 Å². The summed E-state index contributed by atoms with van der Waals surface area (Å²) >= 11 is 0. The maximum Gasteiger partial charge on any atom is 0.131 e. The zero-order valence-corrected chi connectivity index (χ0v) is 14.0. The molecule has 2 unspecified atom stereocenters. The number of nitrogens with one attached hydrogen (secondary N) is 2. The SMILES string of the molecule is CC(Nc1cc(NC(C)c2ccccc2)ncn1)c1ccccc1. The highest BCUT2D eigenvalue weighted by molar-refractivity contribution is 5.49. The monoisotopic (exact) mass is 318 g/mol. The number of benzene rings is 2. The molecule has 0 saturated carbocycles. The van der Waals surface area contributed by atoms with Crippen molar-refractivity contribution in [3.05, 3.63) is 84.2 Å². The van der Waals surface area contributed by atoms with Gasteiger partial charge in [-0.25, -0.2) is 9.97 Å². The van der Waals surface area contributed by atoms with Crippen LogP contribution in [0.1, 0.15) is 37.1 Å². The van der Waals surface area contributed by atoms with Crippen LogP contribution in [0, 0.1) is 0 Å². The van der Waals surface area contributed by atoms with Crippen LogP contribution in [0.15, 0.2) is 73.1 Å². The van der Waals surface area contributed by atoms with Crippen molar-refractivity contribution in [2.45, 2.75) is 25.9 Å². The van der Waals surface area contributed by atoms with Crippen molar-refractivity contribution in [1.29, 1.82) is 0 Å². The number of rotatable bonds is 6. The molecular formula is C20H22N4. The minimum Gasteiger partial charge on any atom is -0.363 e. The van der Waals surface area contributed by atoms with Gasteiger partial charge in [-0.15, -0.1) is 0 Å². The molecule has 122 valence electrons. The van der Waals surface area contributed by atoms with Crippen molar-refractivity contribution >= 4 is 11.6 Å². The fraction of sp³-hybridized carbons (Fsp3) is 0.200. The van der Waals surface area contributed by atoms with E-state index in [-0.39, 0.29) is 12.1 Å². The summed E-state index contributed by atoms with van der Waals surface area (Å²) in [4.78, 5) is 8.65. The minimum atomic E-state index is 0.181. The van der Waals surface area contributed by atoms with Gasteiger partial charge in [-0.1, -0.05) is 60.7 Å². The summed E-state index contributed by atoms with van der Waals surface area (Å²) in [5, 5.41) is 6.84. The van der Waals surface area contributed by atoms with E-state index in [1.165, 1.54) is 11.1 Å². The second-order valence-corrected chi connectivity index (χ2v) is 5.84. The summed E-state index contributed by atoms with van der Waals surface area (Å²) in [6, 6.07) is 23.0. The summed E-state index contributed by atoms with van der Waals surface area (Å²) in [5.41, 5.74) is 2.45. The molecule has 0 radical (unpaired) electrons. The fourth-order valence-electron chi connectivity index (χ4n) is 2.61. The quantitative estimate of drug-likeness (QED) is 0.684. The first kappa shape index (κ1) is 16.0. The summed E-state index contributed by atoms with van der Waals surface area (Å²) in [5.74, 6) is 1.62. The van der Waals surface area contributed by atoms with Crippen LogP contribution in [0.2, 0.25) is 0 Å². The Bertz CT molecular complexity index is 696. The predicted octanol–water partition coefficient (Wildman–Crippen LogP) is 4.82. The van der Waals surface area contributed by atoms with E-state index in [2.05, 4.69) is 58.7 Å². The first-order chi connectivity index (χ1) is 11.7. The van der Waals surface area contributed by atoms with E-state index in [1.807, 2.05) is 42.5 Å². The standard InChI is InChI=1S/C20H22N4/c1-15(17-9-5-3-6-10-17)23-19-13-20(22-14-21-19)24-16(2)18-11-7-4-8-12-18/h3-16H,1-2H3,(H2,21,22,23,24). The summed E-state index contributed by atoms with van der Waals surface area (Å²) in [6.45, 7) is 4.24. The molecule has 4 nitrogen and oxygen atoms in total. The maximum absolute atomic E-state index is 4.32. The molecule has 0 aliphatic rings. The highest BCUT2D eigenvalue weighted by Crippen LogP contribution is 2.21. The molecular weight excluding hydrogens is 296 g/mol.